The predicted octanol–water partition coefficient (Wildman–Crippen LogP) is 1.68. The summed E-state index contributed by atoms with van der Waals surface area (Å²) >= 11 is 1.68. The van der Waals surface area contributed by atoms with E-state index in [4.69, 9.17) is 5.11 Å². The number of nitrogens with zero attached hydrogens (tertiary/aromatic N) is 4. The van der Waals surface area contributed by atoms with Crippen LogP contribution in [0.5, 0.6) is 0 Å². The maximum atomic E-state index is 8.66. The molecule has 1 rings (SSSR count). The SMILES string of the molecule is CC(C)(C)n1nnnc1SCCCCCO. The lowest BCUT2D eigenvalue weighted by atomic mass is 10.1. The Bertz CT molecular complexity index is 308. The van der Waals surface area contributed by atoms with Gasteiger partial charge in [-0.1, -0.05) is 18.2 Å². The Morgan fingerprint density at radius 2 is 2.00 bits per heavy atom. The Kier molecular flexibility index (Phi) is 5.21. The van der Waals surface area contributed by atoms with Gasteiger partial charge in [0.2, 0.25) is 5.16 Å². The van der Waals surface area contributed by atoms with Gasteiger partial charge in [0, 0.05) is 12.4 Å². The Morgan fingerprint density at radius 3 is 2.62 bits per heavy atom. The van der Waals surface area contributed by atoms with Crippen LogP contribution in [0.15, 0.2) is 5.16 Å². The summed E-state index contributed by atoms with van der Waals surface area (Å²) in [6.45, 7) is 6.53. The van der Waals surface area contributed by atoms with E-state index in [0.717, 1.165) is 30.2 Å². The number of rotatable bonds is 6. The second-order valence-electron chi connectivity index (χ2n) is 4.68. The molecule has 1 aromatic rings. The summed E-state index contributed by atoms with van der Waals surface area (Å²) in [5.41, 5.74) is -0.0725. The molecule has 0 aliphatic carbocycles. The lowest BCUT2D eigenvalue weighted by molar-refractivity contribution is 0.284. The monoisotopic (exact) mass is 244 g/mol. The van der Waals surface area contributed by atoms with E-state index in [9.17, 15) is 0 Å². The van der Waals surface area contributed by atoms with Gasteiger partial charge in [-0.15, -0.1) is 5.10 Å². The first-order valence-electron chi connectivity index (χ1n) is 5.58. The molecule has 6 heteroatoms. The zero-order valence-corrected chi connectivity index (χ0v) is 11.0. The number of aliphatic hydroxyl groups excluding tert-OH is 1. The molecule has 1 heterocycles. The van der Waals surface area contributed by atoms with Gasteiger partial charge < -0.3 is 5.11 Å². The van der Waals surface area contributed by atoms with Gasteiger partial charge in [-0.3, -0.25) is 0 Å². The minimum atomic E-state index is -0.0725. The van der Waals surface area contributed by atoms with Crippen LogP contribution in [-0.4, -0.2) is 37.7 Å². The smallest absolute Gasteiger partial charge is 0.209 e. The van der Waals surface area contributed by atoms with Crippen molar-refractivity contribution in [3.05, 3.63) is 0 Å². The first-order chi connectivity index (χ1) is 7.55. The fourth-order valence-corrected chi connectivity index (χ4v) is 2.30. The molecule has 0 spiro atoms. The van der Waals surface area contributed by atoms with Crippen LogP contribution in [0.4, 0.5) is 0 Å². The van der Waals surface area contributed by atoms with Gasteiger partial charge in [0.15, 0.2) is 0 Å². The van der Waals surface area contributed by atoms with Crippen LogP contribution in [0.1, 0.15) is 40.0 Å². The third-order valence-corrected chi connectivity index (χ3v) is 3.12. The van der Waals surface area contributed by atoms with Gasteiger partial charge in [-0.25, -0.2) is 4.68 Å². The van der Waals surface area contributed by atoms with Crippen LogP contribution in [-0.2, 0) is 5.54 Å². The quantitative estimate of drug-likeness (QED) is 0.609. The molecular formula is C10H20N4OS. The summed E-state index contributed by atoms with van der Waals surface area (Å²) < 4.78 is 1.85. The fraction of sp³-hybridized carbons (Fsp3) is 0.900. The predicted molar refractivity (Wildman–Crippen MR) is 64.5 cm³/mol. The molecule has 0 saturated heterocycles. The molecular weight excluding hydrogens is 224 g/mol. The van der Waals surface area contributed by atoms with Crippen LogP contribution in [0.2, 0.25) is 0 Å². The molecule has 5 nitrogen and oxygen atoms in total. The number of unbranched alkanes of at least 4 members (excludes halogenated alkanes) is 2. The molecule has 0 aliphatic rings. The topological polar surface area (TPSA) is 63.8 Å². The van der Waals surface area contributed by atoms with Crippen LogP contribution in [0.3, 0.4) is 0 Å². The van der Waals surface area contributed by atoms with Gasteiger partial charge >= 0.3 is 0 Å². The number of thioether (sulfide) groups is 1. The minimum Gasteiger partial charge on any atom is -0.396 e. The van der Waals surface area contributed by atoms with Crippen molar-refractivity contribution in [2.45, 2.75) is 50.7 Å². The number of hydrogen-bond donors (Lipinski definition) is 1. The number of hydrogen-bond acceptors (Lipinski definition) is 5. The summed E-state index contributed by atoms with van der Waals surface area (Å²) in [6.07, 6.45) is 3.02. The summed E-state index contributed by atoms with van der Waals surface area (Å²) in [5, 5.41) is 21.2. The van der Waals surface area contributed by atoms with Crippen LogP contribution >= 0.6 is 11.8 Å². The largest absolute Gasteiger partial charge is 0.396 e. The first kappa shape index (κ1) is 13.4. The van der Waals surface area contributed by atoms with Crippen molar-refractivity contribution in [3.63, 3.8) is 0 Å². The maximum Gasteiger partial charge on any atom is 0.209 e. The van der Waals surface area contributed by atoms with E-state index in [2.05, 4.69) is 36.3 Å². The fourth-order valence-electron chi connectivity index (χ4n) is 1.24. The second kappa shape index (κ2) is 6.20. The van der Waals surface area contributed by atoms with E-state index >= 15 is 0 Å². The van der Waals surface area contributed by atoms with E-state index in [0.29, 0.717) is 0 Å². The minimum absolute atomic E-state index is 0.0725. The third-order valence-electron chi connectivity index (χ3n) is 2.11. The van der Waals surface area contributed by atoms with Crippen molar-refractivity contribution < 1.29 is 5.11 Å². The van der Waals surface area contributed by atoms with E-state index < -0.39 is 0 Å². The molecule has 0 unspecified atom stereocenters. The van der Waals surface area contributed by atoms with Gasteiger partial charge in [0.05, 0.1) is 5.54 Å². The van der Waals surface area contributed by atoms with E-state index in [1.165, 1.54) is 0 Å². The van der Waals surface area contributed by atoms with E-state index in [-0.39, 0.29) is 12.1 Å². The Balaban J connectivity index is 2.40. The summed E-state index contributed by atoms with van der Waals surface area (Å²) in [6, 6.07) is 0. The van der Waals surface area contributed by atoms with Crippen molar-refractivity contribution in [1.29, 1.82) is 0 Å². The standard InChI is InChI=1S/C10H20N4OS/c1-10(2,3)14-9(11-12-13-14)16-8-6-4-5-7-15/h15H,4-8H2,1-3H3. The Hall–Kier alpha value is -0.620. The molecule has 0 bridgehead atoms. The Morgan fingerprint density at radius 1 is 1.25 bits per heavy atom. The third kappa shape index (κ3) is 4.09. The number of aliphatic hydroxyl groups is 1. The second-order valence-corrected chi connectivity index (χ2v) is 5.74. The zero-order chi connectivity index (χ0) is 12.0. The molecule has 0 atom stereocenters. The average molecular weight is 244 g/mol. The molecule has 16 heavy (non-hydrogen) atoms. The van der Waals surface area contributed by atoms with Gasteiger partial charge in [0.25, 0.3) is 0 Å². The van der Waals surface area contributed by atoms with Crippen molar-refractivity contribution in [2.24, 2.45) is 0 Å². The van der Waals surface area contributed by atoms with Crippen molar-refractivity contribution in [1.82, 2.24) is 20.2 Å². The molecule has 0 saturated carbocycles. The number of aromatic nitrogens is 4. The average Bonchev–Trinajstić information content (AvgIpc) is 2.65. The lowest BCUT2D eigenvalue weighted by Crippen LogP contribution is -2.24. The van der Waals surface area contributed by atoms with Gasteiger partial charge in [-0.05, 0) is 44.0 Å². The Labute approximate surface area is 101 Å². The van der Waals surface area contributed by atoms with E-state index in [1.807, 2.05) is 4.68 Å². The zero-order valence-electron chi connectivity index (χ0n) is 10.2. The highest BCUT2D eigenvalue weighted by molar-refractivity contribution is 7.99. The van der Waals surface area contributed by atoms with Crippen molar-refractivity contribution in [3.8, 4) is 0 Å². The first-order valence-corrected chi connectivity index (χ1v) is 6.57. The summed E-state index contributed by atoms with van der Waals surface area (Å²) in [5.74, 6) is 0.996. The highest BCUT2D eigenvalue weighted by Gasteiger charge is 2.19. The summed E-state index contributed by atoms with van der Waals surface area (Å²) in [4.78, 5) is 0. The lowest BCUT2D eigenvalue weighted by Gasteiger charge is -2.19. The molecule has 0 aliphatic heterocycles. The highest BCUT2D eigenvalue weighted by atomic mass is 32.2. The molecule has 0 radical (unpaired) electrons. The summed E-state index contributed by atoms with van der Waals surface area (Å²) in [7, 11) is 0. The van der Waals surface area contributed by atoms with Crippen LogP contribution < -0.4 is 0 Å². The molecule has 1 N–H and O–H groups in total. The number of tetrazole rings is 1. The normalized spacial score (nSPS) is 12.0. The molecule has 0 aromatic carbocycles. The maximum absolute atomic E-state index is 8.66. The highest BCUT2D eigenvalue weighted by Crippen LogP contribution is 2.22. The van der Waals surface area contributed by atoms with Crippen molar-refractivity contribution in [2.75, 3.05) is 12.4 Å². The van der Waals surface area contributed by atoms with Gasteiger partial charge in [0.1, 0.15) is 0 Å². The molecule has 92 valence electrons. The molecule has 1 aromatic heterocycles. The van der Waals surface area contributed by atoms with Crippen molar-refractivity contribution >= 4 is 11.8 Å². The van der Waals surface area contributed by atoms with Crippen LogP contribution in [0, 0.1) is 0 Å². The van der Waals surface area contributed by atoms with Crippen LogP contribution in [0.25, 0.3) is 0 Å². The van der Waals surface area contributed by atoms with Gasteiger partial charge in [-0.2, -0.15) is 0 Å². The molecule has 0 fully saturated rings. The van der Waals surface area contributed by atoms with E-state index in [1.54, 1.807) is 11.8 Å². The molecule has 0 amide bonds.